The van der Waals surface area contributed by atoms with Crippen LogP contribution < -0.4 is 20.1 Å². The van der Waals surface area contributed by atoms with Crippen molar-refractivity contribution in [3.63, 3.8) is 0 Å². The van der Waals surface area contributed by atoms with E-state index in [1.165, 1.54) is 0 Å². The smallest absolute Gasteiger partial charge is 0.313 e. The largest absolute Gasteiger partial charge is 0.497 e. The molecular formula is C18H19ClN2O4. The van der Waals surface area contributed by atoms with Crippen molar-refractivity contribution >= 4 is 29.1 Å². The Bertz CT molecular complexity index is 747. The molecule has 0 unspecified atom stereocenters. The molecule has 2 N–H and O–H groups in total. The molecule has 2 rings (SSSR count). The van der Waals surface area contributed by atoms with Crippen molar-refractivity contribution in [2.24, 2.45) is 0 Å². The first-order chi connectivity index (χ1) is 12.0. The lowest BCUT2D eigenvalue weighted by molar-refractivity contribution is -0.136. The van der Waals surface area contributed by atoms with Crippen molar-refractivity contribution in [2.45, 2.75) is 6.92 Å². The average Bonchev–Trinajstić information content (AvgIpc) is 2.62. The van der Waals surface area contributed by atoms with E-state index < -0.39 is 11.8 Å². The highest BCUT2D eigenvalue weighted by molar-refractivity contribution is 6.40. The molecule has 0 spiro atoms. The molecule has 0 radical (unpaired) electrons. The summed E-state index contributed by atoms with van der Waals surface area (Å²) in [5, 5.41) is 5.55. The number of anilines is 1. The molecule has 0 bridgehead atoms. The molecule has 0 aliphatic rings. The summed E-state index contributed by atoms with van der Waals surface area (Å²) in [5.41, 5.74) is 1.20. The highest BCUT2D eigenvalue weighted by Gasteiger charge is 2.14. The summed E-state index contributed by atoms with van der Waals surface area (Å²) >= 11 is 5.98. The number of rotatable bonds is 6. The Labute approximate surface area is 151 Å². The van der Waals surface area contributed by atoms with Crippen molar-refractivity contribution in [2.75, 3.05) is 25.6 Å². The Morgan fingerprint density at radius 2 is 1.72 bits per heavy atom. The van der Waals surface area contributed by atoms with E-state index in [0.717, 1.165) is 5.75 Å². The number of carbonyl (C=O) groups excluding carboxylic acids is 2. The number of ether oxygens (including phenoxy) is 2. The third kappa shape index (κ3) is 5.39. The highest BCUT2D eigenvalue weighted by atomic mass is 35.5. The lowest BCUT2D eigenvalue weighted by Gasteiger charge is -2.10. The summed E-state index contributed by atoms with van der Waals surface area (Å²) in [6, 6.07) is 12.2. The van der Waals surface area contributed by atoms with Crippen LogP contribution >= 0.6 is 11.6 Å². The predicted octanol–water partition coefficient (Wildman–Crippen LogP) is 2.79. The fraction of sp³-hybridized carbons (Fsp3) is 0.222. The van der Waals surface area contributed by atoms with Gasteiger partial charge in [0.25, 0.3) is 0 Å². The van der Waals surface area contributed by atoms with Crippen LogP contribution in [0.3, 0.4) is 0 Å². The monoisotopic (exact) mass is 362 g/mol. The van der Waals surface area contributed by atoms with Crippen molar-refractivity contribution in [3.05, 3.63) is 53.1 Å². The summed E-state index contributed by atoms with van der Waals surface area (Å²) in [6.45, 7) is 2.20. The third-order valence-corrected chi connectivity index (χ3v) is 3.85. The van der Waals surface area contributed by atoms with Crippen LogP contribution in [0.5, 0.6) is 11.5 Å². The summed E-state index contributed by atoms with van der Waals surface area (Å²) in [5.74, 6) is -0.116. The van der Waals surface area contributed by atoms with E-state index in [9.17, 15) is 9.59 Å². The maximum atomic E-state index is 11.9. The number of carbonyl (C=O) groups is 2. The number of hydrogen-bond donors (Lipinski definition) is 2. The molecule has 0 saturated carbocycles. The fourth-order valence-corrected chi connectivity index (χ4v) is 2.18. The van der Waals surface area contributed by atoms with Gasteiger partial charge in [-0.2, -0.15) is 0 Å². The first-order valence-corrected chi connectivity index (χ1v) is 8.00. The predicted molar refractivity (Wildman–Crippen MR) is 96.3 cm³/mol. The second-order valence-corrected chi connectivity index (χ2v) is 5.55. The van der Waals surface area contributed by atoms with E-state index >= 15 is 0 Å². The van der Waals surface area contributed by atoms with Gasteiger partial charge in [0.2, 0.25) is 0 Å². The number of benzene rings is 2. The zero-order valence-electron chi connectivity index (χ0n) is 14.0. The van der Waals surface area contributed by atoms with Crippen LogP contribution in [-0.2, 0) is 9.59 Å². The molecule has 0 fully saturated rings. The van der Waals surface area contributed by atoms with Gasteiger partial charge in [0.05, 0.1) is 13.7 Å². The quantitative estimate of drug-likeness (QED) is 0.612. The SMILES string of the molecule is COc1ccc(OCCNC(=O)C(=O)Nc2cccc(Cl)c2C)cc1. The minimum atomic E-state index is -0.755. The van der Waals surface area contributed by atoms with Crippen LogP contribution in [0.4, 0.5) is 5.69 Å². The normalized spacial score (nSPS) is 10.0. The number of halogens is 1. The fourth-order valence-electron chi connectivity index (χ4n) is 2.01. The van der Waals surface area contributed by atoms with Crippen LogP contribution in [0.25, 0.3) is 0 Å². The Balaban J connectivity index is 1.75. The van der Waals surface area contributed by atoms with E-state index in [2.05, 4.69) is 10.6 Å². The lowest BCUT2D eigenvalue weighted by Crippen LogP contribution is -2.37. The molecule has 0 saturated heterocycles. The van der Waals surface area contributed by atoms with Crippen LogP contribution in [0.2, 0.25) is 5.02 Å². The van der Waals surface area contributed by atoms with E-state index in [1.807, 2.05) is 0 Å². The van der Waals surface area contributed by atoms with E-state index in [-0.39, 0.29) is 13.2 Å². The van der Waals surface area contributed by atoms with Crippen molar-refractivity contribution in [1.29, 1.82) is 0 Å². The maximum absolute atomic E-state index is 11.9. The average molecular weight is 363 g/mol. The minimum Gasteiger partial charge on any atom is -0.497 e. The first-order valence-electron chi connectivity index (χ1n) is 7.62. The Hall–Kier alpha value is -2.73. The van der Waals surface area contributed by atoms with E-state index in [1.54, 1.807) is 56.5 Å². The first kappa shape index (κ1) is 18.6. The zero-order chi connectivity index (χ0) is 18.2. The van der Waals surface area contributed by atoms with E-state index in [0.29, 0.717) is 22.0 Å². The molecule has 2 aromatic rings. The van der Waals surface area contributed by atoms with Gasteiger partial charge in [-0.15, -0.1) is 0 Å². The Morgan fingerprint density at radius 1 is 1.04 bits per heavy atom. The van der Waals surface area contributed by atoms with Gasteiger partial charge in [-0.3, -0.25) is 9.59 Å². The number of hydrogen-bond acceptors (Lipinski definition) is 4. The summed E-state index contributed by atoms with van der Waals surface area (Å²) < 4.78 is 10.5. The van der Waals surface area contributed by atoms with Gasteiger partial charge in [0.1, 0.15) is 18.1 Å². The van der Waals surface area contributed by atoms with Gasteiger partial charge < -0.3 is 20.1 Å². The number of nitrogens with one attached hydrogen (secondary N) is 2. The number of amides is 2. The third-order valence-electron chi connectivity index (χ3n) is 3.44. The van der Waals surface area contributed by atoms with Crippen molar-refractivity contribution in [1.82, 2.24) is 5.32 Å². The Kier molecular flexibility index (Phi) is 6.65. The molecule has 0 atom stereocenters. The molecule has 7 heteroatoms. The van der Waals surface area contributed by atoms with Crippen LogP contribution in [0.1, 0.15) is 5.56 Å². The molecule has 0 aromatic heterocycles. The summed E-state index contributed by atoms with van der Waals surface area (Å²) in [7, 11) is 1.58. The maximum Gasteiger partial charge on any atom is 0.313 e. The second-order valence-electron chi connectivity index (χ2n) is 5.15. The molecular weight excluding hydrogens is 344 g/mol. The van der Waals surface area contributed by atoms with Gasteiger partial charge in [0.15, 0.2) is 0 Å². The van der Waals surface area contributed by atoms with Crippen LogP contribution in [-0.4, -0.2) is 32.1 Å². The van der Waals surface area contributed by atoms with Gasteiger partial charge >= 0.3 is 11.8 Å². The molecule has 0 heterocycles. The highest BCUT2D eigenvalue weighted by Crippen LogP contribution is 2.22. The molecule has 132 valence electrons. The molecule has 2 aromatic carbocycles. The van der Waals surface area contributed by atoms with Crippen LogP contribution in [0, 0.1) is 6.92 Å². The lowest BCUT2D eigenvalue weighted by atomic mass is 10.2. The molecule has 0 aliphatic carbocycles. The molecule has 6 nitrogen and oxygen atoms in total. The standard InChI is InChI=1S/C18H19ClN2O4/c1-12-15(19)4-3-5-16(12)21-18(23)17(22)20-10-11-25-14-8-6-13(24-2)7-9-14/h3-9H,10-11H2,1-2H3,(H,20,22)(H,21,23). The second kappa shape index (κ2) is 8.94. The molecule has 25 heavy (non-hydrogen) atoms. The van der Waals surface area contributed by atoms with Crippen molar-refractivity contribution < 1.29 is 19.1 Å². The number of methoxy groups -OCH3 is 1. The molecule has 2 amide bonds. The van der Waals surface area contributed by atoms with Crippen molar-refractivity contribution in [3.8, 4) is 11.5 Å². The van der Waals surface area contributed by atoms with Gasteiger partial charge in [0, 0.05) is 10.7 Å². The van der Waals surface area contributed by atoms with E-state index in [4.69, 9.17) is 21.1 Å². The van der Waals surface area contributed by atoms with Crippen LogP contribution in [0.15, 0.2) is 42.5 Å². The van der Waals surface area contributed by atoms with Gasteiger partial charge in [-0.1, -0.05) is 17.7 Å². The molecule has 0 aliphatic heterocycles. The topological polar surface area (TPSA) is 76.7 Å². The Morgan fingerprint density at radius 3 is 2.40 bits per heavy atom. The summed E-state index contributed by atoms with van der Waals surface area (Å²) in [4.78, 5) is 23.7. The van der Waals surface area contributed by atoms with Gasteiger partial charge in [-0.25, -0.2) is 0 Å². The summed E-state index contributed by atoms with van der Waals surface area (Å²) in [6.07, 6.45) is 0. The zero-order valence-corrected chi connectivity index (χ0v) is 14.7. The minimum absolute atomic E-state index is 0.201. The van der Waals surface area contributed by atoms with Gasteiger partial charge in [-0.05, 0) is 48.9 Å².